The van der Waals surface area contributed by atoms with Gasteiger partial charge in [0.1, 0.15) is 11.0 Å². The zero-order valence-corrected chi connectivity index (χ0v) is 8.60. The van der Waals surface area contributed by atoms with Crippen molar-refractivity contribution < 1.29 is 19.4 Å². The summed E-state index contributed by atoms with van der Waals surface area (Å²) < 4.78 is 9.64. The molecule has 2 aliphatic rings. The van der Waals surface area contributed by atoms with Crippen LogP contribution in [0.15, 0.2) is 24.7 Å². The van der Waals surface area contributed by atoms with Gasteiger partial charge in [-0.15, -0.1) is 0 Å². The van der Waals surface area contributed by atoms with Gasteiger partial charge in [-0.3, -0.25) is 4.79 Å². The molecule has 1 N–H and O–H groups in total. The van der Waals surface area contributed by atoms with Gasteiger partial charge >= 0.3 is 5.97 Å². The van der Waals surface area contributed by atoms with Crippen molar-refractivity contribution in [3.8, 4) is 0 Å². The van der Waals surface area contributed by atoms with Crippen LogP contribution in [0.3, 0.4) is 0 Å². The smallest absolute Gasteiger partial charge is 0.315 e. The topological polar surface area (TPSA) is 55.8 Å². The number of carbonyl (C=O) groups is 1. The second-order valence-electron chi connectivity index (χ2n) is 3.99. The Kier molecular flexibility index (Phi) is 2.31. The molecule has 2 rings (SSSR count). The van der Waals surface area contributed by atoms with Gasteiger partial charge in [0.15, 0.2) is 0 Å². The largest absolute Gasteiger partial charge is 0.473 e. The third kappa shape index (κ3) is 1.28. The van der Waals surface area contributed by atoms with E-state index in [2.05, 4.69) is 0 Å². The molecule has 1 aliphatic heterocycles. The highest BCUT2D eigenvalue weighted by Gasteiger charge is 2.58. The van der Waals surface area contributed by atoms with E-state index >= 15 is 0 Å². The number of esters is 1. The van der Waals surface area contributed by atoms with Crippen molar-refractivity contribution in [3.05, 3.63) is 24.7 Å². The number of carbonyl (C=O) groups excluding carboxylic acids is 1. The summed E-state index contributed by atoms with van der Waals surface area (Å²) in [5.74, 6) is -0.354. The van der Waals surface area contributed by atoms with Gasteiger partial charge < -0.3 is 14.6 Å². The average molecular weight is 210 g/mol. The van der Waals surface area contributed by atoms with Gasteiger partial charge in [-0.2, -0.15) is 0 Å². The van der Waals surface area contributed by atoms with Crippen LogP contribution in [0, 0.1) is 5.41 Å². The van der Waals surface area contributed by atoms with Gasteiger partial charge in [0.05, 0.1) is 19.6 Å². The molecule has 15 heavy (non-hydrogen) atoms. The molecule has 0 saturated heterocycles. The lowest BCUT2D eigenvalue weighted by molar-refractivity contribution is -0.173. The molecule has 0 spiro atoms. The molecule has 4 heteroatoms. The maximum absolute atomic E-state index is 11.7. The van der Waals surface area contributed by atoms with Crippen LogP contribution in [-0.2, 0) is 14.3 Å². The Morgan fingerprint density at radius 3 is 2.40 bits per heavy atom. The molecule has 0 aromatic heterocycles. The Labute approximate surface area is 88.2 Å². The Bertz CT molecular complexity index is 313. The number of rotatable bonds is 2. The van der Waals surface area contributed by atoms with E-state index < -0.39 is 11.0 Å². The third-order valence-electron chi connectivity index (χ3n) is 3.35. The normalized spacial score (nSPS) is 25.2. The summed E-state index contributed by atoms with van der Waals surface area (Å²) in [4.78, 5) is 11.7. The zero-order valence-electron chi connectivity index (χ0n) is 8.60. The van der Waals surface area contributed by atoms with Crippen molar-refractivity contribution in [1.82, 2.24) is 0 Å². The minimum atomic E-state index is -1.27. The monoisotopic (exact) mass is 210 g/mol. The number of hydrogen-bond acceptors (Lipinski definition) is 4. The van der Waals surface area contributed by atoms with Gasteiger partial charge in [0.2, 0.25) is 0 Å². The van der Waals surface area contributed by atoms with E-state index in [4.69, 9.17) is 9.47 Å². The Morgan fingerprint density at radius 1 is 1.40 bits per heavy atom. The summed E-state index contributed by atoms with van der Waals surface area (Å²) in [5, 5.41) is 10.4. The first-order chi connectivity index (χ1) is 7.15. The average Bonchev–Trinajstić information content (AvgIpc) is 2.16. The molecule has 0 bridgehead atoms. The molecule has 1 heterocycles. The lowest BCUT2D eigenvalue weighted by Crippen LogP contribution is -2.56. The predicted octanol–water partition coefficient (Wildman–Crippen LogP) is 1.12. The van der Waals surface area contributed by atoms with E-state index in [0.717, 1.165) is 6.42 Å². The van der Waals surface area contributed by atoms with Crippen molar-refractivity contribution >= 4 is 5.97 Å². The fraction of sp³-hybridized carbons (Fsp3) is 0.545. The quantitative estimate of drug-likeness (QED) is 0.694. The molecular formula is C11H14O4. The molecule has 1 aliphatic carbocycles. The SMILES string of the molecule is COC(=O)C1(C2(O)C=COC=C2)CCC1. The van der Waals surface area contributed by atoms with E-state index in [1.807, 2.05) is 0 Å². The zero-order chi connectivity index (χ0) is 10.9. The van der Waals surface area contributed by atoms with E-state index in [0.29, 0.717) is 12.8 Å². The first-order valence-corrected chi connectivity index (χ1v) is 4.96. The first kappa shape index (κ1) is 10.2. The van der Waals surface area contributed by atoms with Crippen LogP contribution in [-0.4, -0.2) is 23.8 Å². The predicted molar refractivity (Wildman–Crippen MR) is 52.6 cm³/mol. The van der Waals surface area contributed by atoms with Crippen molar-refractivity contribution in [2.75, 3.05) is 7.11 Å². The van der Waals surface area contributed by atoms with Crippen molar-refractivity contribution in [2.45, 2.75) is 24.9 Å². The van der Waals surface area contributed by atoms with Crippen LogP contribution in [0.2, 0.25) is 0 Å². The maximum Gasteiger partial charge on any atom is 0.315 e. The molecule has 0 aromatic carbocycles. The number of methoxy groups -OCH3 is 1. The highest BCUT2D eigenvalue weighted by Crippen LogP contribution is 2.52. The van der Waals surface area contributed by atoms with Crippen molar-refractivity contribution in [2.24, 2.45) is 5.41 Å². The molecule has 82 valence electrons. The third-order valence-corrected chi connectivity index (χ3v) is 3.35. The first-order valence-electron chi connectivity index (χ1n) is 4.96. The van der Waals surface area contributed by atoms with Crippen LogP contribution < -0.4 is 0 Å². The summed E-state index contributed by atoms with van der Waals surface area (Å²) in [6, 6.07) is 0. The fourth-order valence-corrected chi connectivity index (χ4v) is 2.20. The van der Waals surface area contributed by atoms with E-state index in [1.54, 1.807) is 0 Å². The molecule has 1 fully saturated rings. The minimum Gasteiger partial charge on any atom is -0.473 e. The standard InChI is InChI=1S/C11H14O4/c1-14-9(12)10(3-2-4-10)11(13)5-7-15-8-6-11/h5-8,13H,2-4H2,1H3. The number of ether oxygens (including phenoxy) is 2. The van der Waals surface area contributed by atoms with Crippen LogP contribution in [0.5, 0.6) is 0 Å². The van der Waals surface area contributed by atoms with Gasteiger partial charge in [-0.1, -0.05) is 6.42 Å². The lowest BCUT2D eigenvalue weighted by atomic mass is 9.58. The summed E-state index contributed by atoms with van der Waals surface area (Å²) in [5.41, 5.74) is -2.09. The summed E-state index contributed by atoms with van der Waals surface area (Å²) >= 11 is 0. The summed E-state index contributed by atoms with van der Waals surface area (Å²) in [7, 11) is 1.35. The van der Waals surface area contributed by atoms with Crippen molar-refractivity contribution in [1.29, 1.82) is 0 Å². The molecule has 0 amide bonds. The Hall–Kier alpha value is -1.29. The summed E-state index contributed by atoms with van der Waals surface area (Å²) in [6.07, 6.45) is 8.01. The van der Waals surface area contributed by atoms with Crippen LogP contribution in [0.25, 0.3) is 0 Å². The number of hydrogen-bond donors (Lipinski definition) is 1. The molecule has 4 nitrogen and oxygen atoms in total. The Balaban J connectivity index is 2.33. The minimum absolute atomic E-state index is 0.354. The fourth-order valence-electron chi connectivity index (χ4n) is 2.20. The second-order valence-corrected chi connectivity index (χ2v) is 3.99. The van der Waals surface area contributed by atoms with Crippen molar-refractivity contribution in [3.63, 3.8) is 0 Å². The molecule has 0 atom stereocenters. The Morgan fingerprint density at radius 2 is 2.00 bits per heavy atom. The maximum atomic E-state index is 11.7. The molecule has 0 aromatic rings. The van der Waals surface area contributed by atoms with Gasteiger partial charge in [0.25, 0.3) is 0 Å². The van der Waals surface area contributed by atoms with Gasteiger partial charge in [-0.25, -0.2) is 0 Å². The summed E-state index contributed by atoms with van der Waals surface area (Å²) in [6.45, 7) is 0. The molecule has 0 unspecified atom stereocenters. The number of aliphatic hydroxyl groups is 1. The van der Waals surface area contributed by atoms with Crippen LogP contribution in [0.1, 0.15) is 19.3 Å². The van der Waals surface area contributed by atoms with Crippen LogP contribution in [0.4, 0.5) is 0 Å². The molecular weight excluding hydrogens is 196 g/mol. The second kappa shape index (κ2) is 3.38. The van der Waals surface area contributed by atoms with Crippen LogP contribution >= 0.6 is 0 Å². The van der Waals surface area contributed by atoms with Gasteiger partial charge in [0, 0.05) is 0 Å². The molecule has 0 radical (unpaired) electrons. The van der Waals surface area contributed by atoms with E-state index in [9.17, 15) is 9.90 Å². The van der Waals surface area contributed by atoms with Gasteiger partial charge in [-0.05, 0) is 25.0 Å². The lowest BCUT2D eigenvalue weighted by Gasteiger charge is -2.48. The molecule has 1 saturated carbocycles. The highest BCUT2D eigenvalue weighted by atomic mass is 16.5. The van der Waals surface area contributed by atoms with E-state index in [-0.39, 0.29) is 5.97 Å². The highest BCUT2D eigenvalue weighted by molar-refractivity contribution is 5.80. The van der Waals surface area contributed by atoms with E-state index in [1.165, 1.54) is 31.8 Å².